The molecular formula is C74H53N3SSi. The lowest BCUT2D eigenvalue weighted by Gasteiger charge is -2.37. The molecule has 79 heavy (non-hydrogen) atoms. The van der Waals surface area contributed by atoms with Gasteiger partial charge in [0.25, 0.3) is 0 Å². The molecule has 1 aliphatic heterocycles. The van der Waals surface area contributed by atoms with Crippen molar-refractivity contribution in [3.8, 4) is 33.6 Å². The van der Waals surface area contributed by atoms with Crippen LogP contribution in [0.3, 0.4) is 0 Å². The fourth-order valence-corrected chi connectivity index (χ4v) is 18.6. The van der Waals surface area contributed by atoms with Crippen molar-refractivity contribution in [1.29, 1.82) is 0 Å². The minimum Gasteiger partial charge on any atom is -0.309 e. The molecule has 0 saturated carbocycles. The van der Waals surface area contributed by atoms with Gasteiger partial charge in [-0.05, 0) is 154 Å². The molecule has 5 heteroatoms. The highest BCUT2D eigenvalue weighted by Crippen LogP contribution is 2.53. The number of aryl methyl sites for hydroxylation is 2. The van der Waals surface area contributed by atoms with Crippen LogP contribution in [0.5, 0.6) is 0 Å². The highest BCUT2D eigenvalue weighted by atomic mass is 32.2. The van der Waals surface area contributed by atoms with Crippen LogP contribution in [0.15, 0.2) is 295 Å². The van der Waals surface area contributed by atoms with Gasteiger partial charge >= 0.3 is 0 Å². The Morgan fingerprint density at radius 2 is 0.658 bits per heavy atom. The van der Waals surface area contributed by atoms with Gasteiger partial charge in [0.1, 0.15) is 0 Å². The minimum atomic E-state index is -2.87. The van der Waals surface area contributed by atoms with Crippen LogP contribution in [-0.2, 0) is 0 Å². The van der Waals surface area contributed by atoms with Gasteiger partial charge in [0.05, 0.1) is 33.4 Å². The fraction of sp³-hybridized carbons (Fsp3) is 0.0270. The van der Waals surface area contributed by atoms with Crippen molar-refractivity contribution in [2.24, 2.45) is 0 Å². The van der Waals surface area contributed by atoms with Crippen LogP contribution < -0.4 is 25.6 Å². The number of nitrogens with zero attached hydrogens (tertiary/aromatic N) is 3. The van der Waals surface area contributed by atoms with Gasteiger partial charge in [-0.25, -0.2) is 0 Å². The predicted octanol–water partition coefficient (Wildman–Crippen LogP) is 17.1. The summed E-state index contributed by atoms with van der Waals surface area (Å²) in [5.74, 6) is 0. The Bertz CT molecular complexity index is 4390. The van der Waals surface area contributed by atoms with Gasteiger partial charge in [-0.3, -0.25) is 0 Å². The second-order valence-corrected chi connectivity index (χ2v) is 25.9. The number of hydrogen-bond donors (Lipinski definition) is 0. The van der Waals surface area contributed by atoms with E-state index in [0.717, 1.165) is 28.4 Å². The number of hydrogen-bond acceptors (Lipinski definition) is 2. The Hall–Kier alpha value is -9.39. The second kappa shape index (κ2) is 19.0. The predicted molar refractivity (Wildman–Crippen MR) is 338 cm³/mol. The van der Waals surface area contributed by atoms with Crippen molar-refractivity contribution in [3.63, 3.8) is 0 Å². The van der Waals surface area contributed by atoms with Crippen molar-refractivity contribution in [2.75, 3.05) is 4.90 Å². The third-order valence-electron chi connectivity index (χ3n) is 16.3. The van der Waals surface area contributed by atoms with Crippen LogP contribution in [0.4, 0.5) is 17.1 Å². The maximum Gasteiger partial charge on any atom is 0.179 e. The maximum atomic E-state index is 2.53. The maximum absolute atomic E-state index is 2.87. The van der Waals surface area contributed by atoms with Crippen molar-refractivity contribution >= 4 is 101 Å². The summed E-state index contributed by atoms with van der Waals surface area (Å²) in [6.45, 7) is 4.39. The second-order valence-electron chi connectivity index (χ2n) is 21.0. The number of benzene rings is 12. The summed E-state index contributed by atoms with van der Waals surface area (Å²) in [4.78, 5) is 4.92. The van der Waals surface area contributed by atoms with Crippen molar-refractivity contribution in [1.82, 2.24) is 9.13 Å². The zero-order valence-corrected chi connectivity index (χ0v) is 45.7. The molecule has 2 aromatic heterocycles. The lowest BCUT2D eigenvalue weighted by Crippen LogP contribution is -2.74. The van der Waals surface area contributed by atoms with E-state index in [2.05, 4.69) is 313 Å². The third kappa shape index (κ3) is 7.72. The molecule has 0 unspecified atom stereocenters. The molecule has 374 valence electrons. The van der Waals surface area contributed by atoms with Crippen molar-refractivity contribution in [3.05, 3.63) is 296 Å². The van der Waals surface area contributed by atoms with Crippen LogP contribution in [0.25, 0.3) is 77.2 Å². The molecule has 14 aromatic rings. The van der Waals surface area contributed by atoms with E-state index in [4.69, 9.17) is 0 Å². The summed E-state index contributed by atoms with van der Waals surface area (Å²) in [5.41, 5.74) is 17.8. The zero-order chi connectivity index (χ0) is 52.6. The van der Waals surface area contributed by atoms with Crippen LogP contribution in [-0.4, -0.2) is 17.2 Å². The summed E-state index contributed by atoms with van der Waals surface area (Å²) in [6.07, 6.45) is 0. The number of rotatable bonds is 9. The first-order valence-corrected chi connectivity index (χ1v) is 30.0. The van der Waals surface area contributed by atoms with Gasteiger partial charge in [0.2, 0.25) is 0 Å². The average Bonchev–Trinajstić information content (AvgIpc) is 4.09. The van der Waals surface area contributed by atoms with Crippen LogP contribution in [0, 0.1) is 13.8 Å². The number of anilines is 3. The first-order chi connectivity index (χ1) is 39.0. The summed E-state index contributed by atoms with van der Waals surface area (Å²) < 4.78 is 4.94. The van der Waals surface area contributed by atoms with Gasteiger partial charge < -0.3 is 14.0 Å². The average molecular weight is 1040 g/mol. The van der Waals surface area contributed by atoms with Crippen LogP contribution >= 0.6 is 11.8 Å². The highest BCUT2D eigenvalue weighted by molar-refractivity contribution is 7.99. The molecule has 0 fully saturated rings. The lowest BCUT2D eigenvalue weighted by molar-refractivity contribution is 1.11. The van der Waals surface area contributed by atoms with E-state index in [0.29, 0.717) is 0 Å². The van der Waals surface area contributed by atoms with Gasteiger partial charge in [-0.15, -0.1) is 0 Å². The zero-order valence-electron chi connectivity index (χ0n) is 43.9. The molecule has 3 nitrogen and oxygen atoms in total. The number of aromatic nitrogens is 2. The summed E-state index contributed by atoms with van der Waals surface area (Å²) in [5, 5.41) is 10.4. The van der Waals surface area contributed by atoms with Crippen molar-refractivity contribution < 1.29 is 0 Å². The van der Waals surface area contributed by atoms with E-state index in [1.807, 2.05) is 11.8 Å². The molecule has 0 saturated heterocycles. The Morgan fingerprint density at radius 3 is 1.09 bits per heavy atom. The smallest absolute Gasteiger partial charge is 0.179 e. The van der Waals surface area contributed by atoms with E-state index in [1.165, 1.54) is 108 Å². The molecule has 1 aliphatic rings. The molecule has 3 heterocycles. The minimum absolute atomic E-state index is 1.12. The quantitative estimate of drug-likeness (QED) is 0.106. The highest BCUT2D eigenvalue weighted by Gasteiger charge is 2.42. The first-order valence-electron chi connectivity index (χ1n) is 27.2. The SMILES string of the molecule is Cc1ccc2c(c1)c1cc(C)ccc1n2-c1ccc2c(c1)Sc1cc(-n3c4ccc(-c5ccccc5)cc4c4cc(-c5ccccc5)ccc43)ccc1N2c1cccc([Si](c2ccccc2)(c2ccccc2)c2ccccc2)c1. The molecule has 0 spiro atoms. The Morgan fingerprint density at radius 1 is 0.278 bits per heavy atom. The molecule has 0 amide bonds. The van der Waals surface area contributed by atoms with E-state index in [9.17, 15) is 0 Å². The standard InChI is InChI=1S/C74H53N3SSi/c1-50-31-37-67-63(43-50)64-44-51(2)32-38-68(64)75(67)57-35-41-71-73(48-57)78-74-49-58(76-69-39-33-54(52-19-8-3-9-20-52)45-65(69)66-46-55(34-40-70(66)76)53-21-10-4-11-22-53)36-42-72(74)77(71)56-23-18-30-62(47-56)79(59-24-12-5-13-25-59,60-26-14-6-15-27-60)61-28-16-7-17-29-61/h3-49H,1-2H3. The summed E-state index contributed by atoms with van der Waals surface area (Å²) >= 11 is 1.87. The topological polar surface area (TPSA) is 13.1 Å². The van der Waals surface area contributed by atoms with Gasteiger partial charge in [-0.1, -0.05) is 211 Å². The van der Waals surface area contributed by atoms with E-state index in [-0.39, 0.29) is 0 Å². The molecule has 0 bridgehead atoms. The third-order valence-corrected chi connectivity index (χ3v) is 22.2. The molecule has 0 atom stereocenters. The van der Waals surface area contributed by atoms with Gasteiger partial charge in [0.15, 0.2) is 8.07 Å². The van der Waals surface area contributed by atoms with Gasteiger partial charge in [-0.2, -0.15) is 0 Å². The molecular weight excluding hydrogens is 991 g/mol. The summed E-state index contributed by atoms with van der Waals surface area (Å²) in [6, 6.07) is 107. The molecule has 12 aromatic carbocycles. The lowest BCUT2D eigenvalue weighted by atomic mass is 10.0. The van der Waals surface area contributed by atoms with E-state index < -0.39 is 8.07 Å². The Kier molecular flexibility index (Phi) is 11.2. The van der Waals surface area contributed by atoms with E-state index in [1.54, 1.807) is 0 Å². The van der Waals surface area contributed by atoms with E-state index >= 15 is 0 Å². The molecule has 15 rings (SSSR count). The first kappa shape index (κ1) is 46.9. The molecule has 0 N–H and O–H groups in total. The Labute approximate surface area is 465 Å². The van der Waals surface area contributed by atoms with Crippen LogP contribution in [0.1, 0.15) is 11.1 Å². The fourth-order valence-electron chi connectivity index (χ4n) is 12.7. The Balaban J connectivity index is 0.958. The normalized spacial score (nSPS) is 12.4. The van der Waals surface area contributed by atoms with Gasteiger partial charge in [0, 0.05) is 48.4 Å². The monoisotopic (exact) mass is 1040 g/mol. The largest absolute Gasteiger partial charge is 0.309 e. The van der Waals surface area contributed by atoms with Crippen molar-refractivity contribution in [2.45, 2.75) is 23.6 Å². The summed E-state index contributed by atoms with van der Waals surface area (Å²) in [7, 11) is -2.87. The number of fused-ring (bicyclic) bond motifs is 8. The molecule has 0 radical (unpaired) electrons. The molecule has 0 aliphatic carbocycles. The van der Waals surface area contributed by atoms with Crippen LogP contribution in [0.2, 0.25) is 0 Å².